The Hall–Kier alpha value is -2.66. The highest BCUT2D eigenvalue weighted by Gasteiger charge is 2.52. The Labute approximate surface area is 171 Å². The highest BCUT2D eigenvalue weighted by molar-refractivity contribution is 7.90. The quantitative estimate of drug-likeness (QED) is 0.711. The predicted molar refractivity (Wildman–Crippen MR) is 105 cm³/mol. The van der Waals surface area contributed by atoms with Crippen molar-refractivity contribution in [2.75, 3.05) is 5.32 Å². The summed E-state index contributed by atoms with van der Waals surface area (Å²) in [5.74, 6) is -1.73. The van der Waals surface area contributed by atoms with Crippen LogP contribution in [0.1, 0.15) is 25.0 Å². The van der Waals surface area contributed by atoms with Crippen LogP contribution in [0.5, 0.6) is 0 Å². The summed E-state index contributed by atoms with van der Waals surface area (Å²) in [4.78, 5) is 28.0. The number of nitrogens with one attached hydrogen (secondary N) is 1. The minimum Gasteiger partial charge on any atom is -0.341 e. The second-order valence-electron chi connectivity index (χ2n) is 7.47. The van der Waals surface area contributed by atoms with Crippen LogP contribution in [0.2, 0.25) is 0 Å². The molecule has 11 heteroatoms. The molecule has 1 saturated heterocycles. The SMILES string of the molecule is O=C1C(C2=NS(=O)(=O)c3ccccc3N2)C(=O)N(Cc2csnn2)[C@H]1CC1CC1. The fourth-order valence-corrected chi connectivity index (χ4v) is 5.42. The first-order valence-corrected chi connectivity index (χ1v) is 11.5. The number of fused-ring (bicyclic) bond motifs is 1. The van der Waals surface area contributed by atoms with Gasteiger partial charge in [0.05, 0.1) is 24.0 Å². The second kappa shape index (κ2) is 6.70. The third kappa shape index (κ3) is 3.23. The molecule has 1 N–H and O–H groups in total. The number of benzene rings is 1. The lowest BCUT2D eigenvalue weighted by molar-refractivity contribution is -0.131. The summed E-state index contributed by atoms with van der Waals surface area (Å²) in [5, 5.41) is 8.61. The number of amides is 1. The summed E-state index contributed by atoms with van der Waals surface area (Å²) in [5.41, 5.74) is 0.924. The molecule has 9 nitrogen and oxygen atoms in total. The maximum atomic E-state index is 13.2. The van der Waals surface area contributed by atoms with Crippen LogP contribution in [0.3, 0.4) is 0 Å². The Morgan fingerprint density at radius 1 is 1.21 bits per heavy atom. The number of rotatable bonds is 5. The largest absolute Gasteiger partial charge is 0.341 e. The molecule has 0 spiro atoms. The van der Waals surface area contributed by atoms with Crippen LogP contribution in [0.4, 0.5) is 5.69 Å². The fourth-order valence-electron chi connectivity index (χ4n) is 3.83. The molecule has 2 aromatic rings. The number of amidine groups is 1. The lowest BCUT2D eigenvalue weighted by Gasteiger charge is -2.22. The van der Waals surface area contributed by atoms with E-state index >= 15 is 0 Å². The van der Waals surface area contributed by atoms with Gasteiger partial charge >= 0.3 is 0 Å². The Morgan fingerprint density at radius 2 is 2.00 bits per heavy atom. The van der Waals surface area contributed by atoms with Crippen LogP contribution in [0, 0.1) is 11.8 Å². The van der Waals surface area contributed by atoms with Crippen molar-refractivity contribution in [3.8, 4) is 0 Å². The number of nitrogens with zero attached hydrogens (tertiary/aromatic N) is 4. The lowest BCUT2D eigenvalue weighted by atomic mass is 9.98. The average Bonchev–Trinajstić information content (AvgIpc) is 3.30. The minimum absolute atomic E-state index is 0.0292. The number of carbonyl (C=O) groups is 2. The van der Waals surface area contributed by atoms with Crippen LogP contribution < -0.4 is 5.32 Å². The first kappa shape index (κ1) is 18.4. The van der Waals surface area contributed by atoms with Gasteiger partial charge in [-0.3, -0.25) is 9.59 Å². The van der Waals surface area contributed by atoms with Gasteiger partial charge in [-0.2, -0.15) is 8.42 Å². The number of likely N-dealkylation sites (tertiary alicyclic amines) is 1. The zero-order valence-electron chi connectivity index (χ0n) is 15.2. The second-order valence-corrected chi connectivity index (χ2v) is 9.65. The molecule has 2 atom stereocenters. The minimum atomic E-state index is -3.99. The van der Waals surface area contributed by atoms with E-state index < -0.39 is 27.9 Å². The van der Waals surface area contributed by atoms with Crippen molar-refractivity contribution in [1.82, 2.24) is 14.5 Å². The third-order valence-electron chi connectivity index (χ3n) is 5.43. The average molecular weight is 431 g/mol. The molecule has 2 fully saturated rings. The number of hydrogen-bond donors (Lipinski definition) is 1. The van der Waals surface area contributed by atoms with Crippen LogP contribution in [0.25, 0.3) is 0 Å². The van der Waals surface area contributed by atoms with Crippen molar-refractivity contribution in [3.63, 3.8) is 0 Å². The maximum Gasteiger partial charge on any atom is 0.286 e. The van der Waals surface area contributed by atoms with Gasteiger partial charge in [0, 0.05) is 5.38 Å². The molecule has 0 bridgehead atoms. The first-order chi connectivity index (χ1) is 13.9. The van der Waals surface area contributed by atoms with Crippen LogP contribution in [-0.2, 0) is 26.2 Å². The van der Waals surface area contributed by atoms with Crippen molar-refractivity contribution in [3.05, 3.63) is 35.3 Å². The van der Waals surface area contributed by atoms with Crippen molar-refractivity contribution in [2.24, 2.45) is 16.2 Å². The van der Waals surface area contributed by atoms with Crippen molar-refractivity contribution in [2.45, 2.75) is 36.7 Å². The van der Waals surface area contributed by atoms with Crippen LogP contribution >= 0.6 is 11.5 Å². The van der Waals surface area contributed by atoms with E-state index in [4.69, 9.17) is 0 Å². The van der Waals surface area contributed by atoms with E-state index in [0.717, 1.165) is 12.8 Å². The molecular weight excluding hydrogens is 414 g/mol. The van der Waals surface area contributed by atoms with Crippen molar-refractivity contribution >= 4 is 44.8 Å². The Morgan fingerprint density at radius 3 is 2.72 bits per heavy atom. The number of hydrogen-bond acceptors (Lipinski definition) is 8. The van der Waals surface area contributed by atoms with Crippen LogP contribution in [-0.4, -0.2) is 46.5 Å². The molecule has 1 amide bonds. The van der Waals surface area contributed by atoms with Gasteiger partial charge in [-0.15, -0.1) is 9.50 Å². The standard InChI is InChI=1S/C18H17N5O4S2/c24-16-13(7-10-5-6-10)23(8-11-9-28-22-20-11)18(25)15(16)17-19-12-3-1-2-4-14(12)29(26,27)21-17/h1-4,9-10,13,15H,5-8H2,(H,19,21)/t13-,15?/m0/s1. The predicted octanol–water partition coefficient (Wildman–Crippen LogP) is 1.45. The van der Waals surface area contributed by atoms with Crippen molar-refractivity contribution in [1.29, 1.82) is 0 Å². The van der Waals surface area contributed by atoms with E-state index in [2.05, 4.69) is 19.3 Å². The van der Waals surface area contributed by atoms with E-state index in [-0.39, 0.29) is 23.1 Å². The van der Waals surface area contributed by atoms with Gasteiger partial charge in [-0.1, -0.05) is 29.5 Å². The zero-order chi connectivity index (χ0) is 20.2. The highest BCUT2D eigenvalue weighted by Crippen LogP contribution is 2.39. The number of para-hydroxylation sites is 1. The van der Waals surface area contributed by atoms with Gasteiger partial charge < -0.3 is 10.2 Å². The summed E-state index contributed by atoms with van der Waals surface area (Å²) in [6.07, 6.45) is 2.65. The molecule has 0 radical (unpaired) electrons. The maximum absolute atomic E-state index is 13.2. The van der Waals surface area contributed by atoms with Crippen LogP contribution in [0.15, 0.2) is 38.9 Å². The monoisotopic (exact) mass is 431 g/mol. The summed E-state index contributed by atoms with van der Waals surface area (Å²) in [6.45, 7) is 0.172. The molecule has 1 aromatic carbocycles. The highest BCUT2D eigenvalue weighted by atomic mass is 32.2. The van der Waals surface area contributed by atoms with E-state index in [1.165, 1.54) is 22.5 Å². The summed E-state index contributed by atoms with van der Waals surface area (Å²) in [7, 11) is -3.99. The molecule has 1 saturated carbocycles. The van der Waals surface area contributed by atoms with Gasteiger partial charge in [0.1, 0.15) is 10.7 Å². The number of carbonyl (C=O) groups excluding carboxylic acids is 2. The number of Topliss-reactive ketones (excluding diaryl/α,β-unsaturated/α-hetero) is 1. The fraction of sp³-hybridized carbons (Fsp3) is 0.389. The number of anilines is 1. The molecule has 5 rings (SSSR count). The van der Waals surface area contributed by atoms with Gasteiger partial charge in [0.25, 0.3) is 10.0 Å². The van der Waals surface area contributed by atoms with Gasteiger partial charge in [0.15, 0.2) is 11.7 Å². The van der Waals surface area contributed by atoms with E-state index in [0.29, 0.717) is 23.7 Å². The molecule has 3 heterocycles. The number of sulfonamides is 1. The summed E-state index contributed by atoms with van der Waals surface area (Å²) in [6, 6.07) is 5.70. The summed E-state index contributed by atoms with van der Waals surface area (Å²) >= 11 is 1.17. The molecule has 2 aliphatic heterocycles. The first-order valence-electron chi connectivity index (χ1n) is 9.25. The molecule has 1 unspecified atom stereocenters. The molecule has 1 aliphatic carbocycles. The van der Waals surface area contributed by atoms with E-state index in [1.54, 1.807) is 23.6 Å². The summed E-state index contributed by atoms with van der Waals surface area (Å²) < 4.78 is 32.8. The molecular formula is C18H17N5O4S2. The van der Waals surface area contributed by atoms with Crippen molar-refractivity contribution < 1.29 is 18.0 Å². The normalized spacial score (nSPS) is 25.5. The zero-order valence-corrected chi connectivity index (χ0v) is 16.8. The number of aromatic nitrogens is 2. The number of ketones is 1. The Bertz CT molecular complexity index is 1120. The van der Waals surface area contributed by atoms with Gasteiger partial charge in [-0.25, -0.2) is 0 Å². The van der Waals surface area contributed by atoms with E-state index in [9.17, 15) is 18.0 Å². The lowest BCUT2D eigenvalue weighted by Crippen LogP contribution is -2.37. The molecule has 150 valence electrons. The van der Waals surface area contributed by atoms with Gasteiger partial charge in [0.2, 0.25) is 5.91 Å². The molecule has 1 aromatic heterocycles. The van der Waals surface area contributed by atoms with E-state index in [1.807, 2.05) is 0 Å². The topological polar surface area (TPSA) is 122 Å². The van der Waals surface area contributed by atoms with Gasteiger partial charge in [-0.05, 0) is 36.0 Å². The third-order valence-corrected chi connectivity index (χ3v) is 7.33. The Balaban J connectivity index is 1.50. The smallest absolute Gasteiger partial charge is 0.286 e. The Kier molecular flexibility index (Phi) is 4.24. The molecule has 3 aliphatic rings. The molecule has 29 heavy (non-hydrogen) atoms.